The number of anilines is 2. The summed E-state index contributed by atoms with van der Waals surface area (Å²) in [6.07, 6.45) is 0. The first-order chi connectivity index (χ1) is 8.17. The summed E-state index contributed by atoms with van der Waals surface area (Å²) < 4.78 is 0. The van der Waals surface area contributed by atoms with Crippen LogP contribution in [0.3, 0.4) is 0 Å². The van der Waals surface area contributed by atoms with Gasteiger partial charge in [-0.25, -0.2) is 4.79 Å². The van der Waals surface area contributed by atoms with E-state index in [0.717, 1.165) is 16.9 Å². The van der Waals surface area contributed by atoms with Gasteiger partial charge in [-0.15, -0.1) is 0 Å². The van der Waals surface area contributed by atoms with E-state index in [9.17, 15) is 4.79 Å². The third-order valence-electron chi connectivity index (χ3n) is 3.02. The molecule has 1 aromatic rings. The molecule has 0 unspecified atom stereocenters. The summed E-state index contributed by atoms with van der Waals surface area (Å²) in [4.78, 5) is 15.3. The van der Waals surface area contributed by atoms with Crippen molar-refractivity contribution in [2.24, 2.45) is 0 Å². The van der Waals surface area contributed by atoms with E-state index in [1.54, 1.807) is 16.8 Å². The molecular weight excluding hydrogens is 218 g/mol. The van der Waals surface area contributed by atoms with Gasteiger partial charge in [0.25, 0.3) is 0 Å². The van der Waals surface area contributed by atoms with Crippen molar-refractivity contribution in [2.75, 3.05) is 37.5 Å². The summed E-state index contributed by atoms with van der Waals surface area (Å²) in [6, 6.07) is 5.89. The highest BCUT2D eigenvalue weighted by molar-refractivity contribution is 5.95. The first-order valence-electron chi connectivity index (χ1n) is 5.61. The minimum Gasteiger partial charge on any atom is -0.395 e. The maximum absolute atomic E-state index is 12.0. The van der Waals surface area contributed by atoms with E-state index < -0.39 is 0 Å². The van der Waals surface area contributed by atoms with Gasteiger partial charge in [-0.2, -0.15) is 0 Å². The second kappa shape index (κ2) is 4.63. The number of carbonyl (C=O) groups excluding carboxylic acids is 1. The van der Waals surface area contributed by atoms with Gasteiger partial charge in [0, 0.05) is 32.9 Å². The molecular formula is C12H17N3O2. The Bertz CT molecular complexity index is 434. The van der Waals surface area contributed by atoms with Crippen LogP contribution in [0.4, 0.5) is 16.2 Å². The Morgan fingerprint density at radius 3 is 2.88 bits per heavy atom. The van der Waals surface area contributed by atoms with Crippen molar-refractivity contribution < 1.29 is 9.90 Å². The van der Waals surface area contributed by atoms with Crippen molar-refractivity contribution >= 4 is 17.4 Å². The number of nitrogens with zero attached hydrogens (tertiary/aromatic N) is 2. The lowest BCUT2D eigenvalue weighted by Gasteiger charge is -2.35. The fourth-order valence-corrected chi connectivity index (χ4v) is 2.05. The summed E-state index contributed by atoms with van der Waals surface area (Å²) >= 11 is 0. The van der Waals surface area contributed by atoms with Gasteiger partial charge in [-0.1, -0.05) is 6.07 Å². The number of aliphatic hydroxyl groups excluding tert-OH is 1. The van der Waals surface area contributed by atoms with E-state index in [1.165, 1.54) is 0 Å². The van der Waals surface area contributed by atoms with Crippen LogP contribution in [0.15, 0.2) is 18.2 Å². The fourth-order valence-electron chi connectivity index (χ4n) is 2.05. The number of nitrogens with one attached hydrogen (secondary N) is 1. The van der Waals surface area contributed by atoms with E-state index in [2.05, 4.69) is 5.32 Å². The van der Waals surface area contributed by atoms with Crippen molar-refractivity contribution in [3.8, 4) is 0 Å². The van der Waals surface area contributed by atoms with Crippen molar-refractivity contribution in [3.05, 3.63) is 23.8 Å². The molecule has 92 valence electrons. The molecule has 0 bridgehead atoms. The van der Waals surface area contributed by atoms with Crippen LogP contribution in [0.2, 0.25) is 0 Å². The molecule has 0 aromatic heterocycles. The van der Waals surface area contributed by atoms with Crippen molar-refractivity contribution in [1.29, 1.82) is 0 Å². The van der Waals surface area contributed by atoms with Crippen LogP contribution in [-0.4, -0.2) is 43.3 Å². The van der Waals surface area contributed by atoms with Crippen LogP contribution in [0.1, 0.15) is 5.56 Å². The summed E-state index contributed by atoms with van der Waals surface area (Å²) in [5, 5.41) is 12.0. The first-order valence-corrected chi connectivity index (χ1v) is 5.61. The summed E-state index contributed by atoms with van der Waals surface area (Å²) in [7, 11) is 3.61. The number of rotatable bonds is 3. The monoisotopic (exact) mass is 235 g/mol. The second-order valence-corrected chi connectivity index (χ2v) is 4.08. The molecule has 2 N–H and O–H groups in total. The number of aliphatic hydroxyl groups is 1. The van der Waals surface area contributed by atoms with E-state index in [-0.39, 0.29) is 12.6 Å². The van der Waals surface area contributed by atoms with Crippen LogP contribution in [-0.2, 0) is 6.54 Å². The molecule has 5 nitrogen and oxygen atoms in total. The molecule has 1 aliphatic heterocycles. The number of amides is 2. The van der Waals surface area contributed by atoms with Crippen LogP contribution < -0.4 is 10.2 Å². The van der Waals surface area contributed by atoms with Gasteiger partial charge in [-0.05, 0) is 17.7 Å². The van der Waals surface area contributed by atoms with Gasteiger partial charge in [0.05, 0.1) is 12.3 Å². The molecule has 5 heteroatoms. The lowest BCUT2D eigenvalue weighted by Crippen LogP contribution is -2.46. The fraction of sp³-hybridized carbons (Fsp3) is 0.417. The third-order valence-corrected chi connectivity index (χ3v) is 3.02. The zero-order valence-electron chi connectivity index (χ0n) is 10.1. The number of fused-ring (bicyclic) bond motifs is 1. The summed E-state index contributed by atoms with van der Waals surface area (Å²) in [5.74, 6) is 0. The molecule has 0 atom stereocenters. The Morgan fingerprint density at radius 1 is 1.47 bits per heavy atom. The second-order valence-electron chi connectivity index (χ2n) is 4.08. The van der Waals surface area contributed by atoms with Gasteiger partial charge in [0.2, 0.25) is 0 Å². The largest absolute Gasteiger partial charge is 0.395 e. The zero-order chi connectivity index (χ0) is 12.4. The molecule has 1 aromatic carbocycles. The molecule has 0 spiro atoms. The molecule has 0 saturated carbocycles. The van der Waals surface area contributed by atoms with E-state index >= 15 is 0 Å². The van der Waals surface area contributed by atoms with Gasteiger partial charge < -0.3 is 15.3 Å². The van der Waals surface area contributed by atoms with Crippen molar-refractivity contribution in [1.82, 2.24) is 4.90 Å². The van der Waals surface area contributed by atoms with Crippen LogP contribution in [0.5, 0.6) is 0 Å². The van der Waals surface area contributed by atoms with Gasteiger partial charge in [0.15, 0.2) is 0 Å². The molecule has 1 aliphatic rings. The number of hydrogen-bond donors (Lipinski definition) is 2. The quantitative estimate of drug-likeness (QED) is 0.824. The summed E-state index contributed by atoms with van der Waals surface area (Å²) in [5.41, 5.74) is 3.01. The Morgan fingerprint density at radius 2 is 2.24 bits per heavy atom. The zero-order valence-corrected chi connectivity index (χ0v) is 10.1. The molecule has 2 rings (SSSR count). The number of benzene rings is 1. The predicted molar refractivity (Wildman–Crippen MR) is 67.3 cm³/mol. The lowest BCUT2D eigenvalue weighted by molar-refractivity contribution is 0.177. The molecule has 0 radical (unpaired) electrons. The number of carbonyl (C=O) groups is 1. The van der Waals surface area contributed by atoms with E-state index in [4.69, 9.17) is 5.11 Å². The number of hydrogen-bond acceptors (Lipinski definition) is 3. The third kappa shape index (κ3) is 2.06. The highest BCUT2D eigenvalue weighted by Gasteiger charge is 2.27. The number of β-amino-alcohol motifs (C(OH)–C–C–N with tert-alkyl or cyclic N) is 1. The Labute approximate surface area is 101 Å². The number of urea groups is 1. The van der Waals surface area contributed by atoms with Crippen molar-refractivity contribution in [3.63, 3.8) is 0 Å². The predicted octanol–water partition coefficient (Wildman–Crippen LogP) is 1.09. The molecule has 0 aliphatic carbocycles. The van der Waals surface area contributed by atoms with E-state index in [0.29, 0.717) is 13.1 Å². The minimum atomic E-state index is -0.0696. The average molecular weight is 235 g/mol. The van der Waals surface area contributed by atoms with Crippen LogP contribution in [0, 0.1) is 0 Å². The maximum atomic E-state index is 12.0. The highest BCUT2D eigenvalue weighted by Crippen LogP contribution is 2.29. The molecule has 0 saturated heterocycles. The smallest absolute Gasteiger partial charge is 0.324 e. The lowest BCUT2D eigenvalue weighted by atomic mass is 10.1. The van der Waals surface area contributed by atoms with E-state index in [1.807, 2.05) is 25.2 Å². The first kappa shape index (κ1) is 11.7. The van der Waals surface area contributed by atoms with Gasteiger partial charge in [0.1, 0.15) is 0 Å². The maximum Gasteiger partial charge on any atom is 0.324 e. The van der Waals surface area contributed by atoms with Gasteiger partial charge in [-0.3, -0.25) is 4.90 Å². The topological polar surface area (TPSA) is 55.8 Å². The van der Waals surface area contributed by atoms with Crippen molar-refractivity contribution in [2.45, 2.75) is 6.54 Å². The Balaban J connectivity index is 2.34. The Hall–Kier alpha value is -1.75. The normalized spacial score (nSPS) is 14.9. The SMILES string of the molecule is CNc1ccc2c(c1)N(C)C(=O)N(CCO)C2. The molecule has 17 heavy (non-hydrogen) atoms. The average Bonchev–Trinajstić information content (AvgIpc) is 2.35. The molecule has 1 heterocycles. The standard InChI is InChI=1S/C12H17N3O2/c1-13-10-4-3-9-8-15(5-6-16)12(17)14(2)11(9)7-10/h3-4,7,13,16H,5-6,8H2,1-2H3. The summed E-state index contributed by atoms with van der Waals surface area (Å²) in [6.45, 7) is 0.920. The minimum absolute atomic E-state index is 0.0104. The molecule has 2 amide bonds. The van der Waals surface area contributed by atoms with Gasteiger partial charge >= 0.3 is 6.03 Å². The molecule has 0 fully saturated rings. The highest BCUT2D eigenvalue weighted by atomic mass is 16.3. The Kier molecular flexibility index (Phi) is 3.19. The van der Waals surface area contributed by atoms with Crippen LogP contribution >= 0.6 is 0 Å². The van der Waals surface area contributed by atoms with Crippen LogP contribution in [0.25, 0.3) is 0 Å².